The summed E-state index contributed by atoms with van der Waals surface area (Å²) < 4.78 is 0. The maximum Gasteiger partial charge on any atom is 2.00 e. The first kappa shape index (κ1) is 46.8. The monoisotopic (exact) mass is 813 g/mol. The zero-order valence-corrected chi connectivity index (χ0v) is 32.0. The van der Waals surface area contributed by atoms with Crippen LogP contribution in [0.4, 0.5) is 0 Å². The zero-order chi connectivity index (χ0) is 39.3. The molecule has 0 spiro atoms. The van der Waals surface area contributed by atoms with Gasteiger partial charge in [0.2, 0.25) is 23.6 Å². The Balaban J connectivity index is 0.000000373. The summed E-state index contributed by atoms with van der Waals surface area (Å²) >= 11 is 0. The second-order valence-corrected chi connectivity index (χ2v) is 13.3. The van der Waals surface area contributed by atoms with Crippen LogP contribution in [0, 0.1) is 0 Å². The number of carbonyl (C=O) groups excluding carboxylic acids is 6. The average Bonchev–Trinajstić information content (AvgIpc) is 3.99. The zero-order valence-electron chi connectivity index (χ0n) is 30.8. The molecule has 2 fully saturated rings. The number of carboxylic acid groups (broad SMARTS) is 2. The summed E-state index contributed by atoms with van der Waals surface area (Å²) in [4.78, 5) is 86.4. The molecule has 2 aliphatic rings. The van der Waals surface area contributed by atoms with Gasteiger partial charge in [-0.2, -0.15) is 0 Å². The number of hydrogen-bond acceptors (Lipinski definition) is 14. The van der Waals surface area contributed by atoms with Crippen LogP contribution < -0.4 is 53.6 Å². The van der Waals surface area contributed by atoms with E-state index in [4.69, 9.17) is 11.5 Å². The van der Waals surface area contributed by atoms with Gasteiger partial charge in [0.1, 0.15) is 12.1 Å². The molecular weight excluding hydrogens is 759 g/mol. The second-order valence-electron chi connectivity index (χ2n) is 13.3. The van der Waals surface area contributed by atoms with Crippen molar-refractivity contribution in [3.63, 3.8) is 0 Å². The van der Waals surface area contributed by atoms with Gasteiger partial charge < -0.3 is 73.1 Å². The molecule has 4 amide bonds. The summed E-state index contributed by atoms with van der Waals surface area (Å²) in [6.07, 6.45) is 12.4. The maximum atomic E-state index is 12.7. The van der Waals surface area contributed by atoms with Crippen LogP contribution in [-0.4, -0.2) is 118 Å². The standard InChI is InChI=1S/2C17H28N6O4.Mn/c2*18-6-2-1-4-13(17(26)27)22-16(25)14(8-11-9-19-10-21-11)23-15(24)12-5-3-7-20-12;/h2*9-10,12-14,20H,1-8,18H2,(H,19,21)(H,22,25)(H,23,24)(H,26,27);/q;;+2/p-2/t2*12-,13-,14-;/m00./s1. The summed E-state index contributed by atoms with van der Waals surface area (Å²) in [7, 11) is 0. The Labute approximate surface area is 330 Å². The van der Waals surface area contributed by atoms with Gasteiger partial charge >= 0.3 is 17.1 Å². The molecule has 4 rings (SSSR count). The van der Waals surface area contributed by atoms with Crippen molar-refractivity contribution in [2.24, 2.45) is 11.5 Å². The van der Waals surface area contributed by atoms with E-state index in [0.29, 0.717) is 63.0 Å². The molecule has 0 aromatic carbocycles. The summed E-state index contributed by atoms with van der Waals surface area (Å²) in [5, 5.41) is 39.2. The van der Waals surface area contributed by atoms with Gasteiger partial charge in [-0.1, -0.05) is 0 Å². The van der Waals surface area contributed by atoms with Crippen molar-refractivity contribution in [2.75, 3.05) is 26.2 Å². The van der Waals surface area contributed by atoms with E-state index >= 15 is 0 Å². The van der Waals surface area contributed by atoms with Crippen LogP contribution in [0.1, 0.15) is 75.6 Å². The molecule has 0 aliphatic carbocycles. The number of aromatic nitrogens is 4. The van der Waals surface area contributed by atoms with Gasteiger partial charge in [-0.3, -0.25) is 19.2 Å². The minimum absolute atomic E-state index is 0. The Kier molecular flexibility index (Phi) is 21.8. The quantitative estimate of drug-likeness (QED) is 0.0394. The SMILES string of the molecule is NCCCC[C@H](NC(=O)[C@H](Cc1cnc[nH]1)NC(=O)[C@@H]1CCCN1)C(=O)[O-].NCCCC[C@H](NC(=O)[C@H](Cc1cnc[nH]1)NC(=O)[C@@H]1CCCN1)C(=O)[O-].[Mn+2]. The molecule has 2 aliphatic heterocycles. The minimum atomic E-state index is -1.36. The van der Waals surface area contributed by atoms with E-state index in [1.807, 2.05) is 0 Å². The molecule has 1 radical (unpaired) electrons. The number of hydrogen-bond donors (Lipinski definition) is 10. The van der Waals surface area contributed by atoms with Crippen LogP contribution in [0.5, 0.6) is 0 Å². The smallest absolute Gasteiger partial charge is 0.548 e. The van der Waals surface area contributed by atoms with Gasteiger partial charge in [-0.15, -0.1) is 0 Å². The number of rotatable bonds is 22. The van der Waals surface area contributed by atoms with E-state index in [1.165, 1.54) is 12.7 Å². The van der Waals surface area contributed by atoms with Crippen LogP contribution >= 0.6 is 0 Å². The Morgan fingerprint density at radius 1 is 0.655 bits per heavy atom. The third-order valence-electron chi connectivity index (χ3n) is 9.07. The summed E-state index contributed by atoms with van der Waals surface area (Å²) in [5.41, 5.74) is 12.1. The van der Waals surface area contributed by atoms with Crippen LogP contribution in [-0.2, 0) is 58.7 Å². The molecular formula is C34H54MnN12O8. The summed E-state index contributed by atoms with van der Waals surface area (Å²) in [6.45, 7) is 2.40. The second kappa shape index (κ2) is 25.6. The number of carboxylic acids is 2. The van der Waals surface area contributed by atoms with Crippen molar-refractivity contribution >= 4 is 35.6 Å². The fourth-order valence-corrected chi connectivity index (χ4v) is 6.04. The largest absolute Gasteiger partial charge is 2.00 e. The minimum Gasteiger partial charge on any atom is -0.548 e. The van der Waals surface area contributed by atoms with Crippen LogP contribution in [0.15, 0.2) is 25.0 Å². The predicted octanol–water partition coefficient (Wildman–Crippen LogP) is -4.90. The molecule has 0 bridgehead atoms. The van der Waals surface area contributed by atoms with Crippen molar-refractivity contribution in [1.29, 1.82) is 0 Å². The number of aromatic amines is 2. The van der Waals surface area contributed by atoms with Gasteiger partial charge in [0, 0.05) is 36.6 Å². The molecule has 2 saturated heterocycles. The van der Waals surface area contributed by atoms with Crippen molar-refractivity contribution in [2.45, 2.75) is 113 Å². The first-order valence-corrected chi connectivity index (χ1v) is 18.5. The van der Waals surface area contributed by atoms with E-state index in [0.717, 1.165) is 25.9 Å². The van der Waals surface area contributed by atoms with Gasteiger partial charge in [0.15, 0.2) is 0 Å². The van der Waals surface area contributed by atoms with E-state index < -0.39 is 47.9 Å². The Bertz CT molecular complexity index is 1350. The van der Waals surface area contributed by atoms with Crippen LogP contribution in [0.2, 0.25) is 0 Å². The van der Waals surface area contributed by atoms with Crippen LogP contribution in [0.3, 0.4) is 0 Å². The van der Waals surface area contributed by atoms with E-state index in [1.54, 1.807) is 12.4 Å². The molecule has 0 saturated carbocycles. The number of aliphatic carboxylic acids is 2. The number of nitrogens with zero attached hydrogens (tertiary/aromatic N) is 2. The molecule has 21 heteroatoms. The molecule has 20 nitrogen and oxygen atoms in total. The maximum absolute atomic E-state index is 12.7. The molecule has 2 aromatic heterocycles. The Morgan fingerprint density at radius 2 is 1.05 bits per heavy atom. The van der Waals surface area contributed by atoms with E-state index in [2.05, 4.69) is 51.8 Å². The number of carbonyl (C=O) groups is 6. The van der Waals surface area contributed by atoms with E-state index in [9.17, 15) is 39.0 Å². The first-order valence-electron chi connectivity index (χ1n) is 18.5. The van der Waals surface area contributed by atoms with Gasteiger partial charge in [0.25, 0.3) is 0 Å². The molecule has 12 N–H and O–H groups in total. The van der Waals surface area contributed by atoms with Gasteiger partial charge in [-0.05, 0) is 90.4 Å². The third kappa shape index (κ3) is 16.9. The Hall–Kier alpha value is -4.40. The average molecular weight is 814 g/mol. The Morgan fingerprint density at radius 3 is 1.35 bits per heavy atom. The van der Waals surface area contributed by atoms with Crippen molar-refractivity contribution in [3.8, 4) is 0 Å². The first-order chi connectivity index (χ1) is 26.0. The number of H-pyrrole nitrogens is 2. The number of nitrogens with two attached hydrogens (primary N) is 2. The predicted molar refractivity (Wildman–Crippen MR) is 190 cm³/mol. The molecule has 4 heterocycles. The fourth-order valence-electron chi connectivity index (χ4n) is 6.04. The van der Waals surface area contributed by atoms with Crippen LogP contribution in [0.25, 0.3) is 0 Å². The molecule has 6 atom stereocenters. The normalized spacial score (nSPS) is 18.3. The fraction of sp³-hybridized carbons (Fsp3) is 0.647. The van der Waals surface area contributed by atoms with Crippen molar-refractivity contribution in [1.82, 2.24) is 51.8 Å². The molecule has 0 unspecified atom stereocenters. The van der Waals surface area contributed by atoms with Crippen molar-refractivity contribution < 1.29 is 56.0 Å². The summed E-state index contributed by atoms with van der Waals surface area (Å²) in [5.74, 6) is -4.41. The number of imidazole rings is 2. The number of unbranched alkanes of at least 4 members (excludes halogenated alkanes) is 2. The van der Waals surface area contributed by atoms with Gasteiger partial charge in [-0.25, -0.2) is 9.97 Å². The number of amides is 4. The topological polar surface area (TPSA) is 330 Å². The summed E-state index contributed by atoms with van der Waals surface area (Å²) in [6, 6.07) is -4.79. The molecule has 2 aromatic rings. The number of nitrogens with one attached hydrogen (secondary N) is 8. The van der Waals surface area contributed by atoms with Crippen molar-refractivity contribution in [3.05, 3.63) is 36.4 Å². The molecule has 55 heavy (non-hydrogen) atoms. The third-order valence-corrected chi connectivity index (χ3v) is 9.07. The van der Waals surface area contributed by atoms with Gasteiger partial charge in [0.05, 0.1) is 48.8 Å². The molecule has 305 valence electrons. The van der Waals surface area contributed by atoms with E-state index in [-0.39, 0.29) is 66.7 Å².